The molecule has 78 valence electrons. The topological polar surface area (TPSA) is 27.7 Å². The maximum absolute atomic E-state index is 13.5. The second-order valence-corrected chi connectivity index (χ2v) is 9.36. The second-order valence-electron chi connectivity index (χ2n) is 2.78. The SMILES string of the molecule is CCC[Si]1(F)O[SiH](C)O[Si](F)(F)O1. The molecule has 0 saturated carbocycles. The van der Waals surface area contributed by atoms with E-state index in [1.54, 1.807) is 6.92 Å². The zero-order valence-electron chi connectivity index (χ0n) is 7.35. The molecule has 0 aromatic rings. The van der Waals surface area contributed by atoms with Crippen molar-refractivity contribution in [1.82, 2.24) is 0 Å². The minimum absolute atomic E-state index is 0.0453. The van der Waals surface area contributed by atoms with Crippen LogP contribution >= 0.6 is 0 Å². The van der Waals surface area contributed by atoms with Crippen LogP contribution in [-0.4, -0.2) is 27.4 Å². The lowest BCUT2D eigenvalue weighted by Gasteiger charge is -2.33. The third-order valence-electron chi connectivity index (χ3n) is 1.46. The van der Waals surface area contributed by atoms with Gasteiger partial charge in [0.2, 0.25) is 0 Å². The van der Waals surface area contributed by atoms with Crippen LogP contribution in [0.2, 0.25) is 12.6 Å². The van der Waals surface area contributed by atoms with E-state index in [0.717, 1.165) is 0 Å². The Morgan fingerprint density at radius 2 is 1.85 bits per heavy atom. The van der Waals surface area contributed by atoms with E-state index in [1.165, 1.54) is 6.55 Å². The van der Waals surface area contributed by atoms with Crippen LogP contribution in [0.5, 0.6) is 0 Å². The van der Waals surface area contributed by atoms with Gasteiger partial charge in [0.05, 0.1) is 0 Å². The maximum Gasteiger partial charge on any atom is 0.744 e. The largest absolute Gasteiger partial charge is 0.744 e. The van der Waals surface area contributed by atoms with Crippen molar-refractivity contribution in [3.63, 3.8) is 0 Å². The Kier molecular flexibility index (Phi) is 3.35. The van der Waals surface area contributed by atoms with E-state index < -0.39 is 27.4 Å². The normalized spacial score (nSPS) is 39.0. The second kappa shape index (κ2) is 3.82. The van der Waals surface area contributed by atoms with Crippen molar-refractivity contribution in [2.75, 3.05) is 0 Å². The van der Waals surface area contributed by atoms with Gasteiger partial charge in [0.25, 0.3) is 0 Å². The highest BCUT2D eigenvalue weighted by Crippen LogP contribution is 2.30. The molecule has 0 radical (unpaired) electrons. The summed E-state index contributed by atoms with van der Waals surface area (Å²) in [5.41, 5.74) is 0. The van der Waals surface area contributed by atoms with Gasteiger partial charge in [-0.1, -0.05) is 13.3 Å². The minimum Gasteiger partial charge on any atom is -0.393 e. The van der Waals surface area contributed by atoms with Crippen LogP contribution in [-0.2, 0) is 12.3 Å². The summed E-state index contributed by atoms with van der Waals surface area (Å²) in [4.78, 5) is 0. The molecule has 1 aliphatic rings. The average Bonchev–Trinajstić information content (AvgIpc) is 1.78. The summed E-state index contributed by atoms with van der Waals surface area (Å²) < 4.78 is 52.0. The van der Waals surface area contributed by atoms with E-state index in [0.29, 0.717) is 6.42 Å². The third-order valence-corrected chi connectivity index (χ3v) is 9.89. The van der Waals surface area contributed by atoms with Gasteiger partial charge in [-0.3, -0.25) is 0 Å². The molecule has 0 aromatic heterocycles. The van der Waals surface area contributed by atoms with E-state index in [1.807, 2.05) is 0 Å². The van der Waals surface area contributed by atoms with Crippen molar-refractivity contribution in [1.29, 1.82) is 0 Å². The molecule has 0 spiro atoms. The zero-order chi connectivity index (χ0) is 10.1. The number of halogens is 3. The Labute approximate surface area is 78.7 Å². The summed E-state index contributed by atoms with van der Waals surface area (Å²) >= 11 is 0. The highest BCUT2D eigenvalue weighted by Gasteiger charge is 2.61. The van der Waals surface area contributed by atoms with Crippen LogP contribution in [0.4, 0.5) is 12.3 Å². The number of rotatable bonds is 2. The Hall–Kier alpha value is 0.321. The third kappa shape index (κ3) is 3.18. The molecule has 1 fully saturated rings. The first-order valence-corrected chi connectivity index (χ1v) is 9.56. The Morgan fingerprint density at radius 3 is 2.31 bits per heavy atom. The summed E-state index contributed by atoms with van der Waals surface area (Å²) in [5, 5.41) is 0. The van der Waals surface area contributed by atoms with Gasteiger partial charge in [-0.25, -0.2) is 12.3 Å². The van der Waals surface area contributed by atoms with Crippen LogP contribution in [0.3, 0.4) is 0 Å². The molecular formula is C4H11F3O3Si3. The predicted molar refractivity (Wildman–Crippen MR) is 46.2 cm³/mol. The predicted octanol–water partition coefficient (Wildman–Crippen LogP) is 1.59. The summed E-state index contributed by atoms with van der Waals surface area (Å²) in [7, 11) is -11.8. The molecule has 0 N–H and O–H groups in total. The van der Waals surface area contributed by atoms with Crippen LogP contribution < -0.4 is 0 Å². The molecule has 0 aromatic carbocycles. The van der Waals surface area contributed by atoms with Crippen molar-refractivity contribution in [2.45, 2.75) is 25.9 Å². The lowest BCUT2D eigenvalue weighted by atomic mass is 10.6. The van der Waals surface area contributed by atoms with Gasteiger partial charge in [-0.05, 0) is 6.55 Å². The minimum atomic E-state index is -5.20. The van der Waals surface area contributed by atoms with Crippen molar-refractivity contribution < 1.29 is 24.7 Å². The molecule has 2 atom stereocenters. The molecule has 0 amide bonds. The molecule has 0 aliphatic carbocycles. The van der Waals surface area contributed by atoms with Crippen LogP contribution in [0.1, 0.15) is 13.3 Å². The van der Waals surface area contributed by atoms with Gasteiger partial charge in [-0.2, -0.15) is 0 Å². The first kappa shape index (κ1) is 11.4. The first-order chi connectivity index (χ1) is 5.87. The maximum atomic E-state index is 13.5. The van der Waals surface area contributed by atoms with Crippen LogP contribution in [0, 0.1) is 0 Å². The Morgan fingerprint density at radius 1 is 1.23 bits per heavy atom. The first-order valence-electron chi connectivity index (χ1n) is 3.99. The monoisotopic (exact) mass is 248 g/mol. The molecule has 1 aliphatic heterocycles. The molecule has 1 rings (SSSR count). The fourth-order valence-corrected chi connectivity index (χ4v) is 9.40. The van der Waals surface area contributed by atoms with Gasteiger partial charge in [0.15, 0.2) is 0 Å². The molecule has 1 heterocycles. The van der Waals surface area contributed by atoms with Crippen molar-refractivity contribution in [3.05, 3.63) is 0 Å². The smallest absolute Gasteiger partial charge is 0.393 e. The van der Waals surface area contributed by atoms with E-state index in [9.17, 15) is 12.3 Å². The lowest BCUT2D eigenvalue weighted by molar-refractivity contribution is 0.131. The molecule has 1 saturated heterocycles. The highest BCUT2D eigenvalue weighted by molar-refractivity contribution is 6.81. The molecule has 3 nitrogen and oxygen atoms in total. The quantitative estimate of drug-likeness (QED) is 0.549. The van der Waals surface area contributed by atoms with Crippen molar-refractivity contribution >= 4 is 27.4 Å². The van der Waals surface area contributed by atoms with Gasteiger partial charge in [0, 0.05) is 6.04 Å². The number of hydrogen-bond acceptors (Lipinski definition) is 3. The Balaban J connectivity index is 2.66. The summed E-state index contributed by atoms with van der Waals surface area (Å²) in [5.74, 6) is 0. The molecular weight excluding hydrogens is 237 g/mol. The van der Waals surface area contributed by atoms with E-state index in [2.05, 4.69) is 8.23 Å². The van der Waals surface area contributed by atoms with E-state index >= 15 is 0 Å². The van der Waals surface area contributed by atoms with Gasteiger partial charge < -0.3 is 12.3 Å². The molecule has 2 unspecified atom stereocenters. The van der Waals surface area contributed by atoms with Gasteiger partial charge in [-0.15, -0.1) is 0 Å². The van der Waals surface area contributed by atoms with Crippen molar-refractivity contribution in [3.8, 4) is 0 Å². The van der Waals surface area contributed by atoms with E-state index in [-0.39, 0.29) is 6.04 Å². The van der Waals surface area contributed by atoms with Crippen LogP contribution in [0.25, 0.3) is 0 Å². The standard InChI is InChI=1S/C4H11F3O3Si3/c1-3-4-12(5)8-11(2)9-13(6,7)10-12/h11H,3-4H2,1-2H3. The summed E-state index contributed by atoms with van der Waals surface area (Å²) in [6.07, 6.45) is 0.439. The van der Waals surface area contributed by atoms with Crippen LogP contribution in [0.15, 0.2) is 0 Å². The summed E-state index contributed by atoms with van der Waals surface area (Å²) in [6.45, 7) is 3.09. The van der Waals surface area contributed by atoms with E-state index in [4.69, 9.17) is 4.12 Å². The van der Waals surface area contributed by atoms with Crippen molar-refractivity contribution in [2.24, 2.45) is 0 Å². The average molecular weight is 248 g/mol. The molecule has 9 heteroatoms. The zero-order valence-corrected chi connectivity index (χ0v) is 10.5. The lowest BCUT2D eigenvalue weighted by Crippen LogP contribution is -2.58. The van der Waals surface area contributed by atoms with Gasteiger partial charge >= 0.3 is 27.4 Å². The Bertz CT molecular complexity index is 195. The number of hydrogen-bond donors (Lipinski definition) is 0. The molecule has 13 heavy (non-hydrogen) atoms. The summed E-state index contributed by atoms with van der Waals surface area (Å²) in [6, 6.07) is -0.0453. The highest BCUT2D eigenvalue weighted by atomic mass is 28.6. The fraction of sp³-hybridized carbons (Fsp3) is 1.00. The molecule has 0 bridgehead atoms. The fourth-order valence-electron chi connectivity index (χ4n) is 1.10. The van der Waals surface area contributed by atoms with Gasteiger partial charge in [0.1, 0.15) is 0 Å².